The molecule has 0 nitrogen and oxygen atoms in total. The summed E-state index contributed by atoms with van der Waals surface area (Å²) < 4.78 is 0. The van der Waals surface area contributed by atoms with Crippen LogP contribution in [0.25, 0.3) is 0 Å². The molecule has 0 amide bonds. The Morgan fingerprint density at radius 1 is 1.07 bits per heavy atom. The molecule has 0 aliphatic heterocycles. The van der Waals surface area contributed by atoms with E-state index in [2.05, 4.69) is 41.5 Å². The Bertz CT molecular complexity index is 133. The lowest BCUT2D eigenvalue weighted by Crippen LogP contribution is -2.26. The Morgan fingerprint density at radius 3 is 2.00 bits per heavy atom. The molecule has 0 aromatic carbocycles. The first kappa shape index (κ1) is 14.0. The van der Waals surface area contributed by atoms with Crippen LogP contribution < -0.4 is 0 Å². The van der Waals surface area contributed by atoms with Gasteiger partial charge in [0, 0.05) is 0 Å². The minimum absolute atomic E-state index is 0.456. The summed E-state index contributed by atoms with van der Waals surface area (Å²) in [6.45, 7) is 14.1. The minimum atomic E-state index is 0.456. The molecular weight excluding hydrogens is 168 g/mol. The lowest BCUT2D eigenvalue weighted by Gasteiger charge is -2.37. The van der Waals surface area contributed by atoms with Gasteiger partial charge in [-0.25, -0.2) is 0 Å². The highest BCUT2D eigenvalue weighted by Crippen LogP contribution is 2.41. The highest BCUT2D eigenvalue weighted by Gasteiger charge is 2.30. The molecule has 0 aliphatic carbocycles. The van der Waals surface area contributed by atoms with Gasteiger partial charge in [0.2, 0.25) is 0 Å². The molecule has 0 aromatic heterocycles. The van der Waals surface area contributed by atoms with Crippen molar-refractivity contribution in [1.29, 1.82) is 0 Å². The van der Waals surface area contributed by atoms with Gasteiger partial charge in [-0.1, -0.05) is 60.8 Å². The third kappa shape index (κ3) is 4.48. The second kappa shape index (κ2) is 6.48. The van der Waals surface area contributed by atoms with E-state index in [1.165, 1.54) is 32.1 Å². The van der Waals surface area contributed by atoms with Crippen molar-refractivity contribution < 1.29 is 0 Å². The van der Waals surface area contributed by atoms with Crippen molar-refractivity contribution in [3.8, 4) is 0 Å². The molecule has 0 atom stereocenters. The van der Waals surface area contributed by atoms with Crippen LogP contribution >= 0.6 is 0 Å². The van der Waals surface area contributed by atoms with E-state index in [1.807, 2.05) is 0 Å². The van der Waals surface area contributed by atoms with Gasteiger partial charge in [0.05, 0.1) is 0 Å². The van der Waals surface area contributed by atoms with Crippen LogP contribution in [0.5, 0.6) is 0 Å². The van der Waals surface area contributed by atoms with Crippen LogP contribution in [-0.2, 0) is 0 Å². The molecular formula is C14H29. The first-order valence-electron chi connectivity index (χ1n) is 6.31. The summed E-state index contributed by atoms with van der Waals surface area (Å²) in [6, 6.07) is 0. The van der Waals surface area contributed by atoms with Crippen LogP contribution in [0.15, 0.2) is 0 Å². The Kier molecular flexibility index (Phi) is 6.48. The van der Waals surface area contributed by atoms with Gasteiger partial charge in [-0.15, -0.1) is 0 Å². The fourth-order valence-electron chi connectivity index (χ4n) is 2.56. The number of unbranched alkanes of at least 4 members (excludes halogenated alkanes) is 1. The molecule has 0 spiro atoms. The fourth-order valence-corrected chi connectivity index (χ4v) is 2.56. The van der Waals surface area contributed by atoms with Gasteiger partial charge in [-0.05, 0) is 30.1 Å². The minimum Gasteiger partial charge on any atom is -0.0654 e. The van der Waals surface area contributed by atoms with Crippen molar-refractivity contribution >= 4 is 0 Å². The van der Waals surface area contributed by atoms with Crippen LogP contribution in [0.2, 0.25) is 0 Å². The predicted molar refractivity (Wildman–Crippen MR) is 66.3 cm³/mol. The average Bonchev–Trinajstić information content (AvgIpc) is 2.03. The molecule has 0 unspecified atom stereocenters. The fraction of sp³-hybridized carbons (Fsp3) is 0.929. The largest absolute Gasteiger partial charge is 0.0654 e. The lowest BCUT2D eigenvalue weighted by molar-refractivity contribution is 0.283. The van der Waals surface area contributed by atoms with E-state index in [0.29, 0.717) is 5.41 Å². The van der Waals surface area contributed by atoms with Crippen molar-refractivity contribution in [2.24, 2.45) is 11.3 Å². The molecule has 0 rings (SSSR count). The van der Waals surface area contributed by atoms with E-state index in [9.17, 15) is 0 Å². The quantitative estimate of drug-likeness (QED) is 0.524. The van der Waals surface area contributed by atoms with Gasteiger partial charge in [0.15, 0.2) is 0 Å². The van der Waals surface area contributed by atoms with E-state index in [0.717, 1.165) is 5.92 Å². The second-order valence-corrected chi connectivity index (χ2v) is 5.42. The predicted octanol–water partition coefficient (Wildman–Crippen LogP) is 5.23. The second-order valence-electron chi connectivity index (χ2n) is 5.42. The van der Waals surface area contributed by atoms with E-state index in [4.69, 9.17) is 0 Å². The molecule has 0 N–H and O–H groups in total. The van der Waals surface area contributed by atoms with Crippen molar-refractivity contribution in [2.45, 2.75) is 73.6 Å². The first-order chi connectivity index (χ1) is 6.45. The zero-order chi connectivity index (χ0) is 11.2. The Morgan fingerprint density at radius 2 is 1.64 bits per heavy atom. The highest BCUT2D eigenvalue weighted by molar-refractivity contribution is 5.04. The number of hydrogen-bond acceptors (Lipinski definition) is 0. The molecule has 0 heterocycles. The van der Waals surface area contributed by atoms with Crippen LogP contribution in [0.4, 0.5) is 0 Å². The van der Waals surface area contributed by atoms with Gasteiger partial charge in [-0.2, -0.15) is 0 Å². The van der Waals surface area contributed by atoms with Crippen LogP contribution in [0.3, 0.4) is 0 Å². The van der Waals surface area contributed by atoms with Gasteiger partial charge < -0.3 is 0 Å². The molecule has 0 bridgehead atoms. The zero-order valence-electron chi connectivity index (χ0n) is 11.1. The van der Waals surface area contributed by atoms with Gasteiger partial charge in [0.25, 0.3) is 0 Å². The van der Waals surface area contributed by atoms with Crippen molar-refractivity contribution in [3.63, 3.8) is 0 Å². The molecule has 1 radical (unpaired) electrons. The summed E-state index contributed by atoms with van der Waals surface area (Å²) in [5.74, 6) is 2.53. The monoisotopic (exact) mass is 197 g/mol. The maximum Gasteiger partial charge on any atom is -0.0159 e. The molecule has 0 saturated carbocycles. The van der Waals surface area contributed by atoms with Crippen molar-refractivity contribution in [3.05, 3.63) is 5.92 Å². The van der Waals surface area contributed by atoms with Gasteiger partial charge >= 0.3 is 0 Å². The maximum atomic E-state index is 2.42. The average molecular weight is 197 g/mol. The zero-order valence-corrected chi connectivity index (χ0v) is 11.1. The summed E-state index contributed by atoms with van der Waals surface area (Å²) in [4.78, 5) is 0. The first-order valence-corrected chi connectivity index (χ1v) is 6.31. The molecule has 0 heteroatoms. The van der Waals surface area contributed by atoms with Crippen molar-refractivity contribution in [1.82, 2.24) is 0 Å². The van der Waals surface area contributed by atoms with E-state index < -0.39 is 0 Å². The highest BCUT2D eigenvalue weighted by atomic mass is 14.3. The summed E-state index contributed by atoms with van der Waals surface area (Å²) in [6.07, 6.45) is 6.65. The summed E-state index contributed by atoms with van der Waals surface area (Å²) in [5.41, 5.74) is 0.456. The number of rotatable bonds is 7. The molecule has 85 valence electrons. The van der Waals surface area contributed by atoms with Gasteiger partial charge in [0.1, 0.15) is 0 Å². The Labute approximate surface area is 91.5 Å². The van der Waals surface area contributed by atoms with Crippen LogP contribution in [0.1, 0.15) is 73.6 Å². The Balaban J connectivity index is 4.30. The molecule has 14 heavy (non-hydrogen) atoms. The molecule has 0 aliphatic rings. The van der Waals surface area contributed by atoms with E-state index in [-0.39, 0.29) is 0 Å². The lowest BCUT2D eigenvalue weighted by atomic mass is 9.68. The molecule has 0 fully saturated rings. The maximum absolute atomic E-state index is 2.42. The normalized spacial score (nSPS) is 12.9. The summed E-state index contributed by atoms with van der Waals surface area (Å²) in [7, 11) is 0. The SMILES string of the molecule is CCCC[C](C(C)C)C(C)(C)CCC. The Hall–Kier alpha value is 0. The smallest absolute Gasteiger partial charge is 0.0159 e. The topological polar surface area (TPSA) is 0 Å². The molecule has 0 aromatic rings. The standard InChI is InChI=1S/C14H29/c1-7-9-10-13(12(3)4)14(5,6)11-8-2/h12H,7-11H2,1-6H3. The van der Waals surface area contributed by atoms with E-state index >= 15 is 0 Å². The third-order valence-corrected chi connectivity index (χ3v) is 3.24. The van der Waals surface area contributed by atoms with E-state index in [1.54, 1.807) is 5.92 Å². The van der Waals surface area contributed by atoms with Crippen molar-refractivity contribution in [2.75, 3.05) is 0 Å². The summed E-state index contributed by atoms with van der Waals surface area (Å²) >= 11 is 0. The summed E-state index contributed by atoms with van der Waals surface area (Å²) in [5, 5.41) is 0. The molecule has 0 saturated heterocycles. The third-order valence-electron chi connectivity index (χ3n) is 3.24. The number of hydrogen-bond donors (Lipinski definition) is 0. The van der Waals surface area contributed by atoms with Gasteiger partial charge in [-0.3, -0.25) is 0 Å². The van der Waals surface area contributed by atoms with Crippen LogP contribution in [-0.4, -0.2) is 0 Å². The van der Waals surface area contributed by atoms with Crippen LogP contribution in [0, 0.1) is 17.3 Å².